The molecular weight excluding hydrogens is 340 g/mol. The zero-order valence-electron chi connectivity index (χ0n) is 17.3. The molecule has 4 saturated carbocycles. The summed E-state index contributed by atoms with van der Waals surface area (Å²) in [6, 6.07) is 17.6. The van der Waals surface area contributed by atoms with Crippen LogP contribution in [0.15, 0.2) is 48.7 Å². The summed E-state index contributed by atoms with van der Waals surface area (Å²) in [7, 11) is 0. The molecule has 2 aromatic rings. The van der Waals surface area contributed by atoms with Gasteiger partial charge in [-0.05, 0) is 77.5 Å². The first-order chi connectivity index (χ1) is 13.4. The molecule has 4 aliphatic carbocycles. The Bertz CT molecular complexity index is 932. The van der Waals surface area contributed by atoms with E-state index in [9.17, 15) is 5.26 Å². The van der Waals surface area contributed by atoms with Gasteiger partial charge < -0.3 is 0 Å². The van der Waals surface area contributed by atoms with Crippen LogP contribution < -0.4 is 0 Å². The molecule has 1 aromatic heterocycles. The molecule has 0 N–H and O–H groups in total. The van der Waals surface area contributed by atoms with Crippen LogP contribution in [0, 0.1) is 33.5 Å². The van der Waals surface area contributed by atoms with E-state index in [-0.39, 0.29) is 5.41 Å². The lowest BCUT2D eigenvalue weighted by atomic mass is 9.26. The quantitative estimate of drug-likeness (QED) is 0.614. The summed E-state index contributed by atoms with van der Waals surface area (Å²) >= 11 is 0. The third kappa shape index (κ3) is 2.11. The highest BCUT2D eigenvalue weighted by atomic mass is 14.9. The Morgan fingerprint density at radius 1 is 1.04 bits per heavy atom. The molecule has 1 aromatic carbocycles. The van der Waals surface area contributed by atoms with Crippen molar-refractivity contribution >= 4 is 0 Å². The largest absolute Gasteiger partial charge is 0.261 e. The molecule has 0 aliphatic heterocycles. The number of hydrogen-bond acceptors (Lipinski definition) is 2. The third-order valence-corrected chi connectivity index (χ3v) is 9.38. The van der Waals surface area contributed by atoms with Gasteiger partial charge in [0.25, 0.3) is 0 Å². The number of rotatable bonds is 4. The van der Waals surface area contributed by atoms with E-state index in [0.29, 0.717) is 28.6 Å². The second kappa shape index (κ2) is 5.69. The normalized spacial score (nSPS) is 37.6. The number of hydrogen-bond donors (Lipinski definition) is 0. The number of nitrogens with zero attached hydrogens (tertiary/aromatic N) is 2. The van der Waals surface area contributed by atoms with Crippen LogP contribution in [0.25, 0.3) is 11.1 Å². The molecule has 0 amide bonds. The van der Waals surface area contributed by atoms with Crippen LogP contribution >= 0.6 is 0 Å². The van der Waals surface area contributed by atoms with Gasteiger partial charge in [-0.25, -0.2) is 0 Å². The van der Waals surface area contributed by atoms with Crippen molar-refractivity contribution in [1.82, 2.24) is 4.98 Å². The fourth-order valence-corrected chi connectivity index (χ4v) is 7.19. The lowest BCUT2D eigenvalue weighted by Gasteiger charge is -2.78. The lowest BCUT2D eigenvalue weighted by molar-refractivity contribution is -0.251. The fraction of sp³-hybridized carbons (Fsp3) is 0.538. The number of benzene rings is 1. The van der Waals surface area contributed by atoms with Gasteiger partial charge in [0, 0.05) is 23.7 Å². The fourth-order valence-electron chi connectivity index (χ4n) is 7.19. The van der Waals surface area contributed by atoms with Crippen LogP contribution in [0.1, 0.15) is 65.0 Å². The predicted octanol–water partition coefficient (Wildman–Crippen LogP) is 6.53. The molecule has 0 spiro atoms. The van der Waals surface area contributed by atoms with Gasteiger partial charge in [-0.1, -0.05) is 51.1 Å². The van der Waals surface area contributed by atoms with Crippen molar-refractivity contribution in [2.24, 2.45) is 22.2 Å². The van der Waals surface area contributed by atoms with Crippen molar-refractivity contribution < 1.29 is 0 Å². The van der Waals surface area contributed by atoms with Gasteiger partial charge in [0.15, 0.2) is 0 Å². The zero-order valence-corrected chi connectivity index (χ0v) is 17.3. The van der Waals surface area contributed by atoms with E-state index in [1.807, 2.05) is 6.20 Å². The second-order valence-corrected chi connectivity index (χ2v) is 10.5. The molecule has 2 atom stereocenters. The molecule has 0 radical (unpaired) electrons. The molecule has 1 heterocycles. The highest BCUT2D eigenvalue weighted by molar-refractivity contribution is 5.64. The van der Waals surface area contributed by atoms with Crippen LogP contribution in [-0.4, -0.2) is 4.98 Å². The monoisotopic (exact) mass is 370 g/mol. The average Bonchev–Trinajstić information content (AvgIpc) is 2.85. The summed E-state index contributed by atoms with van der Waals surface area (Å²) in [4.78, 5) is 4.81. The molecule has 4 fully saturated rings. The minimum Gasteiger partial charge on any atom is -0.261 e. The van der Waals surface area contributed by atoms with Crippen LogP contribution in [-0.2, 0) is 5.41 Å². The molecule has 28 heavy (non-hydrogen) atoms. The number of pyridine rings is 1. The van der Waals surface area contributed by atoms with Gasteiger partial charge in [0.05, 0.1) is 6.07 Å². The van der Waals surface area contributed by atoms with E-state index in [1.54, 1.807) is 0 Å². The Balaban J connectivity index is 1.39. The highest BCUT2D eigenvalue weighted by Gasteiger charge is 2.78. The maximum Gasteiger partial charge on any atom is 0.0624 e. The molecule has 6 rings (SSSR count). The molecule has 2 nitrogen and oxygen atoms in total. The van der Waals surface area contributed by atoms with E-state index in [2.05, 4.69) is 69.3 Å². The molecule has 2 heteroatoms. The van der Waals surface area contributed by atoms with E-state index in [0.717, 1.165) is 0 Å². The van der Waals surface area contributed by atoms with Gasteiger partial charge >= 0.3 is 0 Å². The molecule has 144 valence electrons. The highest BCUT2D eigenvalue weighted by Crippen LogP contribution is 2.84. The Hall–Kier alpha value is -2.14. The van der Waals surface area contributed by atoms with Crippen LogP contribution in [0.3, 0.4) is 0 Å². The summed E-state index contributed by atoms with van der Waals surface area (Å²) in [5, 5.41) is 9.26. The van der Waals surface area contributed by atoms with Crippen LogP contribution in [0.2, 0.25) is 0 Å². The maximum absolute atomic E-state index is 9.26. The van der Waals surface area contributed by atoms with Crippen molar-refractivity contribution in [3.05, 3.63) is 54.4 Å². The van der Waals surface area contributed by atoms with Gasteiger partial charge in [0.1, 0.15) is 0 Å². The van der Waals surface area contributed by atoms with Gasteiger partial charge in [-0.15, -0.1) is 0 Å². The summed E-state index contributed by atoms with van der Waals surface area (Å²) in [6.07, 6.45) is 9.05. The van der Waals surface area contributed by atoms with E-state index >= 15 is 0 Å². The van der Waals surface area contributed by atoms with Gasteiger partial charge in [-0.3, -0.25) is 4.98 Å². The second-order valence-electron chi connectivity index (χ2n) is 10.5. The predicted molar refractivity (Wildman–Crippen MR) is 112 cm³/mol. The average molecular weight is 371 g/mol. The topological polar surface area (TPSA) is 36.7 Å². The smallest absolute Gasteiger partial charge is 0.0624 e. The zero-order chi connectivity index (χ0) is 19.6. The van der Waals surface area contributed by atoms with E-state index < -0.39 is 0 Å². The summed E-state index contributed by atoms with van der Waals surface area (Å²) < 4.78 is 0. The molecule has 0 saturated heterocycles. The molecule has 2 bridgehead atoms. The summed E-state index contributed by atoms with van der Waals surface area (Å²) in [6.45, 7) is 7.40. The Kier molecular flexibility index (Phi) is 3.64. The first kappa shape index (κ1) is 17.9. The van der Waals surface area contributed by atoms with Crippen molar-refractivity contribution in [2.45, 2.75) is 64.7 Å². The molecule has 2 unspecified atom stereocenters. The van der Waals surface area contributed by atoms with E-state index in [1.165, 1.54) is 48.9 Å². The summed E-state index contributed by atoms with van der Waals surface area (Å²) in [5.74, 6) is 0.548. The van der Waals surface area contributed by atoms with Crippen LogP contribution in [0.5, 0.6) is 0 Å². The molecular formula is C26H30N2. The minimum atomic E-state index is 0.245. The first-order valence-corrected chi connectivity index (χ1v) is 10.7. The van der Waals surface area contributed by atoms with Crippen molar-refractivity contribution in [3.63, 3.8) is 0 Å². The van der Waals surface area contributed by atoms with Crippen molar-refractivity contribution in [2.75, 3.05) is 0 Å². The van der Waals surface area contributed by atoms with Crippen molar-refractivity contribution in [1.29, 1.82) is 5.26 Å². The van der Waals surface area contributed by atoms with Crippen molar-refractivity contribution in [3.8, 4) is 17.2 Å². The Labute approximate surface area is 169 Å². The lowest BCUT2D eigenvalue weighted by Crippen LogP contribution is -2.72. The SMILES string of the molecule is CC1(C)C(CC#N)CCC1(C)C12CC(c3cc(-c4ccccc4)ccn3)(C1)C2. The first-order valence-electron chi connectivity index (χ1n) is 10.7. The standard InChI is InChI=1S/C26H30N2/c1-23(2)21(10-13-27)9-12-24(23,3)26-16-25(17-26,18-26)22-15-20(11-14-28-22)19-7-5-4-6-8-19/h4-8,11,14-15,21H,9-10,12,16-18H2,1-3H3. The third-order valence-electron chi connectivity index (χ3n) is 9.38. The van der Waals surface area contributed by atoms with Crippen LogP contribution in [0.4, 0.5) is 0 Å². The molecule has 4 aliphatic rings. The Morgan fingerprint density at radius 2 is 1.75 bits per heavy atom. The minimum absolute atomic E-state index is 0.245. The number of nitriles is 1. The van der Waals surface area contributed by atoms with Gasteiger partial charge in [0.2, 0.25) is 0 Å². The van der Waals surface area contributed by atoms with Gasteiger partial charge in [-0.2, -0.15) is 5.26 Å². The summed E-state index contributed by atoms with van der Waals surface area (Å²) in [5.41, 5.74) is 5.21. The maximum atomic E-state index is 9.26. The van der Waals surface area contributed by atoms with E-state index in [4.69, 9.17) is 4.98 Å². The number of aromatic nitrogens is 1. The Morgan fingerprint density at radius 3 is 2.43 bits per heavy atom.